The molecule has 0 bridgehead atoms. The van der Waals surface area contributed by atoms with Crippen LogP contribution in [0.2, 0.25) is 5.02 Å². The third-order valence-corrected chi connectivity index (χ3v) is 6.21. The Morgan fingerprint density at radius 3 is 2.58 bits per heavy atom. The molecule has 0 spiro atoms. The fraction of sp³-hybridized carbons (Fsp3) is 0.333. The summed E-state index contributed by atoms with van der Waals surface area (Å²) in [7, 11) is 0. The first-order chi connectivity index (χ1) is 15.7. The smallest absolute Gasteiger partial charge is 0.336 e. The first-order valence-corrected chi connectivity index (χ1v) is 11.5. The number of hydrogen-bond acceptors (Lipinski definition) is 5. The predicted octanol–water partition coefficient (Wildman–Crippen LogP) is 5.57. The Labute approximate surface area is 199 Å². The van der Waals surface area contributed by atoms with Gasteiger partial charge in [0, 0.05) is 34.3 Å². The van der Waals surface area contributed by atoms with E-state index in [1.807, 2.05) is 55.5 Å². The average molecular weight is 466 g/mol. The van der Waals surface area contributed by atoms with Gasteiger partial charge in [-0.2, -0.15) is 0 Å². The summed E-state index contributed by atoms with van der Waals surface area (Å²) in [5, 5.41) is 3.89. The first kappa shape index (κ1) is 23.1. The lowest BCUT2D eigenvalue weighted by molar-refractivity contribution is -0.140. The molecule has 2 aromatic carbocycles. The maximum atomic E-state index is 13.3. The Hall–Kier alpha value is -3.05. The van der Waals surface area contributed by atoms with Gasteiger partial charge in [-0.15, -0.1) is 0 Å². The molecule has 1 aliphatic heterocycles. The first-order valence-electron chi connectivity index (χ1n) is 11.1. The second-order valence-corrected chi connectivity index (χ2v) is 9.72. The number of ketones is 1. The Morgan fingerprint density at radius 1 is 1.09 bits per heavy atom. The van der Waals surface area contributed by atoms with Gasteiger partial charge in [-0.1, -0.05) is 55.8 Å². The highest BCUT2D eigenvalue weighted by Crippen LogP contribution is 2.47. The minimum Gasteiger partial charge on any atom is -0.490 e. The van der Waals surface area contributed by atoms with Crippen molar-refractivity contribution in [1.29, 1.82) is 0 Å². The molecule has 0 saturated carbocycles. The van der Waals surface area contributed by atoms with Gasteiger partial charge >= 0.3 is 5.97 Å². The Morgan fingerprint density at radius 2 is 1.85 bits per heavy atom. The van der Waals surface area contributed by atoms with Crippen LogP contribution in [0.3, 0.4) is 0 Å². The minimum atomic E-state index is -0.522. The highest BCUT2D eigenvalue weighted by Gasteiger charge is 2.43. The van der Waals surface area contributed by atoms with Crippen molar-refractivity contribution in [2.75, 3.05) is 13.2 Å². The van der Waals surface area contributed by atoms with Crippen molar-refractivity contribution in [2.45, 2.75) is 39.5 Å². The standard InChI is InChI=1S/C27H28ClNO4/c1-17-23(26(31)33-13-12-32-20-10-5-4-6-11-20)24(18-8-7-9-19(28)14-18)25-21(29-17)15-27(2,3)16-22(25)30/h4-11,14,24,29H,12-13,15-16H2,1-3H3. The van der Waals surface area contributed by atoms with E-state index in [2.05, 4.69) is 19.2 Å². The minimum absolute atomic E-state index is 0.0453. The summed E-state index contributed by atoms with van der Waals surface area (Å²) < 4.78 is 11.2. The number of allylic oxidation sites excluding steroid dienone is 3. The van der Waals surface area contributed by atoms with Crippen molar-refractivity contribution in [3.63, 3.8) is 0 Å². The Kier molecular flexibility index (Phi) is 6.61. The topological polar surface area (TPSA) is 64.6 Å². The largest absolute Gasteiger partial charge is 0.490 e. The zero-order valence-electron chi connectivity index (χ0n) is 19.1. The highest BCUT2D eigenvalue weighted by molar-refractivity contribution is 6.30. The Balaban J connectivity index is 1.60. The summed E-state index contributed by atoms with van der Waals surface area (Å²) in [5.74, 6) is -0.230. The second-order valence-electron chi connectivity index (χ2n) is 9.28. The van der Waals surface area contributed by atoms with Crippen molar-refractivity contribution in [3.05, 3.63) is 87.7 Å². The van der Waals surface area contributed by atoms with E-state index in [9.17, 15) is 9.59 Å². The van der Waals surface area contributed by atoms with Gasteiger partial charge in [0.2, 0.25) is 0 Å². The van der Waals surface area contributed by atoms with Crippen LogP contribution in [0.25, 0.3) is 0 Å². The molecule has 172 valence electrons. The van der Waals surface area contributed by atoms with E-state index in [0.717, 1.165) is 17.7 Å². The van der Waals surface area contributed by atoms with Gasteiger partial charge in [0.05, 0.1) is 5.57 Å². The number of esters is 1. The number of benzene rings is 2. The van der Waals surface area contributed by atoms with Crippen LogP contribution < -0.4 is 10.1 Å². The molecule has 2 aromatic rings. The van der Waals surface area contributed by atoms with E-state index in [1.165, 1.54) is 0 Å². The van der Waals surface area contributed by atoms with E-state index < -0.39 is 11.9 Å². The van der Waals surface area contributed by atoms with Crippen molar-refractivity contribution in [3.8, 4) is 5.75 Å². The van der Waals surface area contributed by atoms with Gasteiger partial charge in [0.25, 0.3) is 0 Å². The van der Waals surface area contributed by atoms with Gasteiger partial charge < -0.3 is 14.8 Å². The van der Waals surface area contributed by atoms with Crippen LogP contribution >= 0.6 is 11.6 Å². The lowest BCUT2D eigenvalue weighted by atomic mass is 9.68. The molecular formula is C27H28ClNO4. The fourth-order valence-electron chi connectivity index (χ4n) is 4.61. The van der Waals surface area contributed by atoms with E-state index in [0.29, 0.717) is 34.0 Å². The zero-order chi connectivity index (χ0) is 23.6. The van der Waals surface area contributed by atoms with Gasteiger partial charge in [-0.3, -0.25) is 4.79 Å². The highest BCUT2D eigenvalue weighted by atomic mass is 35.5. The number of nitrogens with one attached hydrogen (secondary N) is 1. The fourth-order valence-corrected chi connectivity index (χ4v) is 4.81. The molecule has 33 heavy (non-hydrogen) atoms. The molecule has 1 atom stereocenters. The summed E-state index contributed by atoms with van der Waals surface area (Å²) in [6.45, 7) is 6.35. The van der Waals surface area contributed by atoms with Crippen molar-refractivity contribution in [1.82, 2.24) is 5.32 Å². The molecule has 1 N–H and O–H groups in total. The third kappa shape index (κ3) is 5.14. The Bertz CT molecular complexity index is 1130. The number of dihydropyridines is 1. The lowest BCUT2D eigenvalue weighted by Gasteiger charge is -2.39. The molecule has 0 fully saturated rings. The zero-order valence-corrected chi connectivity index (χ0v) is 19.9. The summed E-state index contributed by atoms with van der Waals surface area (Å²) in [6, 6.07) is 16.7. The number of halogens is 1. The molecule has 1 heterocycles. The van der Waals surface area contributed by atoms with Crippen LogP contribution in [0.15, 0.2) is 77.1 Å². The summed E-state index contributed by atoms with van der Waals surface area (Å²) in [5.41, 5.74) is 3.30. The number of carbonyl (C=O) groups excluding carboxylic acids is 2. The molecule has 0 amide bonds. The van der Waals surface area contributed by atoms with Crippen LogP contribution in [0.5, 0.6) is 5.75 Å². The quantitative estimate of drug-likeness (QED) is 0.446. The van der Waals surface area contributed by atoms with Crippen molar-refractivity contribution in [2.24, 2.45) is 5.41 Å². The molecule has 4 rings (SSSR count). The monoisotopic (exact) mass is 465 g/mol. The number of ether oxygens (including phenoxy) is 2. The molecule has 1 aliphatic carbocycles. The number of carbonyl (C=O) groups is 2. The molecular weight excluding hydrogens is 438 g/mol. The van der Waals surface area contributed by atoms with Gasteiger partial charge in [-0.25, -0.2) is 4.79 Å². The van der Waals surface area contributed by atoms with E-state index >= 15 is 0 Å². The maximum Gasteiger partial charge on any atom is 0.336 e. The molecule has 6 heteroatoms. The predicted molar refractivity (Wildman–Crippen MR) is 128 cm³/mol. The second kappa shape index (κ2) is 9.44. The molecule has 1 unspecified atom stereocenters. The normalized spacial score (nSPS) is 19.6. The number of Topliss-reactive ketones (excluding diaryl/α,β-unsaturated/α-hetero) is 1. The number of hydrogen-bond donors (Lipinski definition) is 1. The lowest BCUT2D eigenvalue weighted by Crippen LogP contribution is -2.38. The van der Waals surface area contributed by atoms with Gasteiger partial charge in [0.1, 0.15) is 19.0 Å². The average Bonchev–Trinajstić information content (AvgIpc) is 2.75. The van der Waals surface area contributed by atoms with Crippen LogP contribution in [0, 0.1) is 5.41 Å². The van der Waals surface area contributed by atoms with Gasteiger partial charge in [0.15, 0.2) is 5.78 Å². The maximum absolute atomic E-state index is 13.3. The van der Waals surface area contributed by atoms with Crippen LogP contribution in [0.1, 0.15) is 45.1 Å². The molecule has 2 aliphatic rings. The third-order valence-electron chi connectivity index (χ3n) is 5.97. The van der Waals surface area contributed by atoms with E-state index in [4.69, 9.17) is 21.1 Å². The van der Waals surface area contributed by atoms with Crippen molar-refractivity contribution >= 4 is 23.4 Å². The SMILES string of the molecule is CC1=C(C(=O)OCCOc2ccccc2)C(c2cccc(Cl)c2)C2=C(CC(C)(C)CC2=O)N1. The summed E-state index contributed by atoms with van der Waals surface area (Å²) in [4.78, 5) is 26.5. The number of para-hydroxylation sites is 1. The molecule has 0 radical (unpaired) electrons. The van der Waals surface area contributed by atoms with E-state index in [1.54, 1.807) is 6.07 Å². The van der Waals surface area contributed by atoms with E-state index in [-0.39, 0.29) is 24.4 Å². The van der Waals surface area contributed by atoms with Crippen molar-refractivity contribution < 1.29 is 19.1 Å². The molecule has 5 nitrogen and oxygen atoms in total. The van der Waals surface area contributed by atoms with Gasteiger partial charge in [-0.05, 0) is 48.6 Å². The molecule has 0 saturated heterocycles. The van der Waals surface area contributed by atoms with Crippen LogP contribution in [-0.4, -0.2) is 25.0 Å². The van der Waals surface area contributed by atoms with Crippen LogP contribution in [-0.2, 0) is 14.3 Å². The van der Waals surface area contributed by atoms with Crippen LogP contribution in [0.4, 0.5) is 0 Å². The molecule has 0 aromatic heterocycles. The summed E-state index contributed by atoms with van der Waals surface area (Å²) >= 11 is 6.28. The summed E-state index contributed by atoms with van der Waals surface area (Å²) in [6.07, 6.45) is 1.16. The number of rotatable bonds is 6.